The molecule has 0 N–H and O–H groups in total. The monoisotopic (exact) mass is 294 g/mol. The molecule has 1 heterocycles. The van der Waals surface area contributed by atoms with E-state index >= 15 is 0 Å². The van der Waals surface area contributed by atoms with Gasteiger partial charge in [0, 0.05) is 31.7 Å². The Morgan fingerprint density at radius 1 is 0.952 bits per heavy atom. The summed E-state index contributed by atoms with van der Waals surface area (Å²) in [7, 11) is 0. The van der Waals surface area contributed by atoms with Crippen molar-refractivity contribution in [2.45, 2.75) is 78.8 Å². The van der Waals surface area contributed by atoms with Crippen LogP contribution in [-0.2, 0) is 0 Å². The zero-order chi connectivity index (χ0) is 15.4. The molecule has 0 aromatic rings. The summed E-state index contributed by atoms with van der Waals surface area (Å²) in [5.41, 5.74) is 0. The van der Waals surface area contributed by atoms with Gasteiger partial charge < -0.3 is 0 Å². The van der Waals surface area contributed by atoms with E-state index in [0.29, 0.717) is 0 Å². The summed E-state index contributed by atoms with van der Waals surface area (Å²) in [5.74, 6) is 2.71. The van der Waals surface area contributed by atoms with Crippen LogP contribution in [0.15, 0.2) is 0 Å². The van der Waals surface area contributed by atoms with Gasteiger partial charge in [-0.05, 0) is 63.3 Å². The van der Waals surface area contributed by atoms with Crippen LogP contribution >= 0.6 is 0 Å². The standard InChI is InChI=1S/C19H38N2/c1-15(2)10-11-20-12-13-21(14-17(20)5)19-8-6-18(7-9-19)16(3)4/h15-19H,6-14H2,1-5H3/t17-,18?,19?/m1/s1. The first-order chi connectivity index (χ1) is 9.97. The SMILES string of the molecule is CC(C)CCN1CCN(C2CCC(C(C)C)CC2)C[C@H]1C. The molecule has 124 valence electrons. The molecule has 0 aromatic heterocycles. The van der Waals surface area contributed by atoms with Crippen molar-refractivity contribution in [2.24, 2.45) is 17.8 Å². The summed E-state index contributed by atoms with van der Waals surface area (Å²) in [6, 6.07) is 1.63. The van der Waals surface area contributed by atoms with E-state index < -0.39 is 0 Å². The Hall–Kier alpha value is -0.0800. The van der Waals surface area contributed by atoms with Crippen LogP contribution in [0.5, 0.6) is 0 Å². The van der Waals surface area contributed by atoms with Crippen molar-refractivity contribution in [3.8, 4) is 0 Å². The summed E-state index contributed by atoms with van der Waals surface area (Å²) >= 11 is 0. The first-order valence-corrected chi connectivity index (χ1v) is 9.45. The molecular formula is C19H38N2. The van der Waals surface area contributed by atoms with Crippen molar-refractivity contribution in [1.82, 2.24) is 9.80 Å². The lowest BCUT2D eigenvalue weighted by Gasteiger charge is -2.45. The van der Waals surface area contributed by atoms with Gasteiger partial charge in [-0.1, -0.05) is 27.7 Å². The summed E-state index contributed by atoms with van der Waals surface area (Å²) in [4.78, 5) is 5.53. The van der Waals surface area contributed by atoms with Gasteiger partial charge in [0.05, 0.1) is 0 Å². The van der Waals surface area contributed by atoms with E-state index in [1.165, 1.54) is 58.3 Å². The highest BCUT2D eigenvalue weighted by Gasteiger charge is 2.31. The van der Waals surface area contributed by atoms with Gasteiger partial charge in [-0.15, -0.1) is 0 Å². The molecule has 1 atom stereocenters. The highest BCUT2D eigenvalue weighted by atomic mass is 15.3. The topological polar surface area (TPSA) is 6.48 Å². The van der Waals surface area contributed by atoms with Gasteiger partial charge in [-0.3, -0.25) is 9.80 Å². The average Bonchev–Trinajstić information content (AvgIpc) is 2.46. The van der Waals surface area contributed by atoms with E-state index in [4.69, 9.17) is 0 Å². The minimum atomic E-state index is 0.750. The van der Waals surface area contributed by atoms with Crippen LogP contribution in [0, 0.1) is 17.8 Å². The second-order valence-electron chi connectivity index (χ2n) is 8.38. The number of piperazine rings is 1. The molecule has 0 radical (unpaired) electrons. The molecular weight excluding hydrogens is 256 g/mol. The van der Waals surface area contributed by atoms with E-state index in [9.17, 15) is 0 Å². The lowest BCUT2D eigenvalue weighted by Crippen LogP contribution is -2.55. The molecule has 1 saturated heterocycles. The smallest absolute Gasteiger partial charge is 0.0195 e. The molecule has 1 saturated carbocycles. The number of hydrogen-bond donors (Lipinski definition) is 0. The third-order valence-electron chi connectivity index (χ3n) is 5.99. The van der Waals surface area contributed by atoms with Crippen molar-refractivity contribution in [3.63, 3.8) is 0 Å². The number of nitrogens with zero attached hydrogens (tertiary/aromatic N) is 2. The second-order valence-corrected chi connectivity index (χ2v) is 8.38. The molecule has 1 aliphatic heterocycles. The Morgan fingerprint density at radius 3 is 2.14 bits per heavy atom. The van der Waals surface area contributed by atoms with Crippen molar-refractivity contribution < 1.29 is 0 Å². The Kier molecular flexibility index (Phi) is 6.55. The van der Waals surface area contributed by atoms with Crippen LogP contribution < -0.4 is 0 Å². The van der Waals surface area contributed by atoms with Crippen molar-refractivity contribution >= 4 is 0 Å². The van der Waals surface area contributed by atoms with Gasteiger partial charge in [-0.25, -0.2) is 0 Å². The molecule has 2 nitrogen and oxygen atoms in total. The second kappa shape index (κ2) is 7.97. The maximum atomic E-state index is 2.81. The van der Waals surface area contributed by atoms with Gasteiger partial charge in [0.15, 0.2) is 0 Å². The minimum Gasteiger partial charge on any atom is -0.298 e. The van der Waals surface area contributed by atoms with Gasteiger partial charge in [-0.2, -0.15) is 0 Å². The predicted molar refractivity (Wildman–Crippen MR) is 92.6 cm³/mol. The quantitative estimate of drug-likeness (QED) is 0.748. The van der Waals surface area contributed by atoms with Crippen LogP contribution in [-0.4, -0.2) is 48.1 Å². The first kappa shape index (κ1) is 17.3. The van der Waals surface area contributed by atoms with Crippen LogP contribution in [0.25, 0.3) is 0 Å². The number of rotatable bonds is 5. The van der Waals surface area contributed by atoms with Crippen molar-refractivity contribution in [2.75, 3.05) is 26.2 Å². The molecule has 0 unspecified atom stereocenters. The maximum Gasteiger partial charge on any atom is 0.0195 e. The molecule has 0 aromatic carbocycles. The van der Waals surface area contributed by atoms with Crippen LogP contribution in [0.4, 0.5) is 0 Å². The van der Waals surface area contributed by atoms with E-state index in [1.807, 2.05) is 0 Å². The minimum absolute atomic E-state index is 0.750. The van der Waals surface area contributed by atoms with Gasteiger partial charge in [0.2, 0.25) is 0 Å². The Labute approximate surface area is 133 Å². The highest BCUT2D eigenvalue weighted by molar-refractivity contribution is 4.87. The summed E-state index contributed by atoms with van der Waals surface area (Å²) in [5, 5.41) is 0. The van der Waals surface area contributed by atoms with Gasteiger partial charge >= 0.3 is 0 Å². The fourth-order valence-electron chi connectivity index (χ4n) is 4.24. The van der Waals surface area contributed by atoms with Crippen LogP contribution in [0.2, 0.25) is 0 Å². The lowest BCUT2D eigenvalue weighted by molar-refractivity contribution is 0.0327. The van der Waals surface area contributed by atoms with Gasteiger partial charge in [0.25, 0.3) is 0 Å². The summed E-state index contributed by atoms with van der Waals surface area (Å²) in [6.07, 6.45) is 7.17. The summed E-state index contributed by atoms with van der Waals surface area (Å²) < 4.78 is 0. The Bertz CT molecular complexity index is 292. The Morgan fingerprint density at radius 2 is 1.62 bits per heavy atom. The molecule has 2 rings (SSSR count). The van der Waals surface area contributed by atoms with Crippen LogP contribution in [0.1, 0.15) is 66.7 Å². The largest absolute Gasteiger partial charge is 0.298 e. The zero-order valence-electron chi connectivity index (χ0n) is 15.1. The van der Waals surface area contributed by atoms with E-state index in [1.54, 1.807) is 0 Å². The fraction of sp³-hybridized carbons (Fsp3) is 1.00. The zero-order valence-corrected chi connectivity index (χ0v) is 15.1. The van der Waals surface area contributed by atoms with E-state index in [2.05, 4.69) is 44.4 Å². The molecule has 2 aliphatic rings. The molecule has 2 fully saturated rings. The third kappa shape index (κ3) is 4.96. The van der Waals surface area contributed by atoms with Crippen LogP contribution in [0.3, 0.4) is 0 Å². The third-order valence-corrected chi connectivity index (χ3v) is 5.99. The average molecular weight is 295 g/mol. The molecule has 0 amide bonds. The highest BCUT2D eigenvalue weighted by Crippen LogP contribution is 2.33. The fourth-order valence-corrected chi connectivity index (χ4v) is 4.24. The first-order valence-electron chi connectivity index (χ1n) is 9.45. The maximum absolute atomic E-state index is 2.81. The molecule has 0 bridgehead atoms. The van der Waals surface area contributed by atoms with E-state index in [0.717, 1.165) is 29.8 Å². The van der Waals surface area contributed by atoms with Crippen molar-refractivity contribution in [1.29, 1.82) is 0 Å². The Balaban J connectivity index is 1.75. The van der Waals surface area contributed by atoms with E-state index in [-0.39, 0.29) is 0 Å². The predicted octanol–water partition coefficient (Wildman–Crippen LogP) is 4.25. The van der Waals surface area contributed by atoms with Crippen molar-refractivity contribution in [3.05, 3.63) is 0 Å². The molecule has 21 heavy (non-hydrogen) atoms. The molecule has 0 spiro atoms. The molecule has 1 aliphatic carbocycles. The molecule has 2 heteroatoms. The normalized spacial score (nSPS) is 33.0. The number of hydrogen-bond acceptors (Lipinski definition) is 2. The van der Waals surface area contributed by atoms with Gasteiger partial charge in [0.1, 0.15) is 0 Å². The summed E-state index contributed by atoms with van der Waals surface area (Å²) in [6.45, 7) is 17.1. The lowest BCUT2D eigenvalue weighted by atomic mass is 9.79.